The summed E-state index contributed by atoms with van der Waals surface area (Å²) in [6.45, 7) is 0.471. The Hall–Kier alpha value is -3.00. The molecule has 0 bridgehead atoms. The lowest BCUT2D eigenvalue weighted by molar-refractivity contribution is -0.384. The molecule has 0 unspecified atom stereocenters. The number of nitrogens with zero attached hydrogens (tertiary/aromatic N) is 2. The van der Waals surface area contributed by atoms with E-state index >= 15 is 0 Å². The van der Waals surface area contributed by atoms with E-state index in [4.69, 9.17) is 4.74 Å². The van der Waals surface area contributed by atoms with E-state index in [0.717, 1.165) is 5.56 Å². The molecule has 0 atom stereocenters. The number of benzene rings is 2. The van der Waals surface area contributed by atoms with Gasteiger partial charge in [0.1, 0.15) is 17.3 Å². The number of hydrogen-bond acceptors (Lipinski definition) is 5. The molecular formula is C17H18FN3O4. The fourth-order valence-electron chi connectivity index (χ4n) is 2.29. The first-order valence-electron chi connectivity index (χ1n) is 7.44. The number of halogens is 1. The van der Waals surface area contributed by atoms with Gasteiger partial charge >= 0.3 is 0 Å². The molecular weight excluding hydrogens is 329 g/mol. The molecule has 0 heterocycles. The third-order valence-electron chi connectivity index (χ3n) is 3.45. The van der Waals surface area contributed by atoms with E-state index in [0.29, 0.717) is 12.3 Å². The summed E-state index contributed by atoms with van der Waals surface area (Å²) in [5.41, 5.74) is 0.715. The Morgan fingerprint density at radius 2 is 1.96 bits per heavy atom. The predicted molar refractivity (Wildman–Crippen MR) is 91.0 cm³/mol. The number of ether oxygens (including phenoxy) is 1. The number of nitro groups is 1. The Morgan fingerprint density at radius 1 is 1.28 bits per heavy atom. The number of likely N-dealkylation sites (N-methyl/N-ethyl adjacent to an activating group) is 1. The van der Waals surface area contributed by atoms with E-state index < -0.39 is 10.8 Å². The summed E-state index contributed by atoms with van der Waals surface area (Å²) in [6, 6.07) is 10.2. The number of anilines is 1. The van der Waals surface area contributed by atoms with Gasteiger partial charge < -0.3 is 10.1 Å². The van der Waals surface area contributed by atoms with Crippen LogP contribution in [0.15, 0.2) is 42.5 Å². The number of nitrogens with one attached hydrogen (secondary N) is 1. The average Bonchev–Trinajstić information content (AvgIpc) is 2.57. The van der Waals surface area contributed by atoms with Crippen LogP contribution in [0.4, 0.5) is 15.8 Å². The maximum Gasteiger partial charge on any atom is 0.296 e. The quantitative estimate of drug-likeness (QED) is 0.615. The molecule has 0 saturated carbocycles. The lowest BCUT2D eigenvalue weighted by Crippen LogP contribution is -2.30. The molecule has 0 spiro atoms. The van der Waals surface area contributed by atoms with Gasteiger partial charge in [-0.3, -0.25) is 19.8 Å². The zero-order valence-corrected chi connectivity index (χ0v) is 13.9. The molecule has 25 heavy (non-hydrogen) atoms. The predicted octanol–water partition coefficient (Wildman–Crippen LogP) is 2.81. The van der Waals surface area contributed by atoms with Crippen LogP contribution in [0.3, 0.4) is 0 Å². The Morgan fingerprint density at radius 3 is 2.56 bits per heavy atom. The van der Waals surface area contributed by atoms with Crippen molar-refractivity contribution in [2.45, 2.75) is 6.54 Å². The second-order valence-corrected chi connectivity index (χ2v) is 5.49. The zero-order valence-electron chi connectivity index (χ0n) is 13.9. The van der Waals surface area contributed by atoms with Gasteiger partial charge in [0.2, 0.25) is 5.91 Å². The zero-order chi connectivity index (χ0) is 18.4. The second kappa shape index (κ2) is 8.20. The molecule has 132 valence electrons. The first-order valence-corrected chi connectivity index (χ1v) is 7.44. The summed E-state index contributed by atoms with van der Waals surface area (Å²) in [5, 5.41) is 13.7. The van der Waals surface area contributed by atoms with Crippen molar-refractivity contribution >= 4 is 17.3 Å². The van der Waals surface area contributed by atoms with Gasteiger partial charge in [-0.15, -0.1) is 0 Å². The number of carbonyl (C=O) groups is 1. The minimum absolute atomic E-state index is 0.0283. The topological polar surface area (TPSA) is 84.7 Å². The van der Waals surface area contributed by atoms with Gasteiger partial charge in [0.05, 0.1) is 24.6 Å². The number of amides is 1. The Labute approximate surface area is 144 Å². The van der Waals surface area contributed by atoms with Crippen molar-refractivity contribution in [2.24, 2.45) is 0 Å². The smallest absolute Gasteiger partial charge is 0.296 e. The molecule has 0 aliphatic rings. The summed E-state index contributed by atoms with van der Waals surface area (Å²) < 4.78 is 17.8. The third kappa shape index (κ3) is 5.25. The summed E-state index contributed by atoms with van der Waals surface area (Å²) >= 11 is 0. The number of nitro benzene ring substituents is 1. The van der Waals surface area contributed by atoms with Crippen molar-refractivity contribution in [3.8, 4) is 5.75 Å². The van der Waals surface area contributed by atoms with Gasteiger partial charge in [-0.05, 0) is 36.9 Å². The van der Waals surface area contributed by atoms with Gasteiger partial charge in [-0.1, -0.05) is 12.1 Å². The first-order chi connectivity index (χ1) is 11.9. The van der Waals surface area contributed by atoms with Crippen LogP contribution in [0, 0.1) is 15.9 Å². The van der Waals surface area contributed by atoms with E-state index in [2.05, 4.69) is 5.32 Å². The Bertz CT molecular complexity index is 765. The van der Waals surface area contributed by atoms with E-state index in [9.17, 15) is 19.3 Å². The van der Waals surface area contributed by atoms with Crippen molar-refractivity contribution in [2.75, 3.05) is 26.0 Å². The van der Waals surface area contributed by atoms with Gasteiger partial charge in [0.15, 0.2) is 0 Å². The summed E-state index contributed by atoms with van der Waals surface area (Å²) in [5.74, 6) is -0.382. The fourth-order valence-corrected chi connectivity index (χ4v) is 2.29. The van der Waals surface area contributed by atoms with Gasteiger partial charge in [-0.25, -0.2) is 4.39 Å². The molecule has 0 aromatic heterocycles. The largest absolute Gasteiger partial charge is 0.496 e. The third-order valence-corrected chi connectivity index (χ3v) is 3.45. The average molecular weight is 347 g/mol. The van der Waals surface area contributed by atoms with Crippen LogP contribution in [-0.2, 0) is 11.3 Å². The lowest BCUT2D eigenvalue weighted by Gasteiger charge is -2.16. The van der Waals surface area contributed by atoms with Crippen LogP contribution < -0.4 is 10.1 Å². The van der Waals surface area contributed by atoms with Crippen molar-refractivity contribution < 1.29 is 18.8 Å². The number of carbonyl (C=O) groups excluding carboxylic acids is 1. The van der Waals surface area contributed by atoms with Gasteiger partial charge in [0.25, 0.3) is 5.69 Å². The maximum atomic E-state index is 12.9. The highest BCUT2D eigenvalue weighted by Gasteiger charge is 2.18. The lowest BCUT2D eigenvalue weighted by atomic mass is 10.2. The number of hydrogen-bond donors (Lipinski definition) is 1. The number of methoxy groups -OCH3 is 1. The van der Waals surface area contributed by atoms with E-state index in [-0.39, 0.29) is 23.7 Å². The molecule has 1 amide bonds. The normalized spacial score (nSPS) is 10.6. The van der Waals surface area contributed by atoms with Crippen molar-refractivity contribution in [3.05, 3.63) is 64.0 Å². The van der Waals surface area contributed by atoms with Crippen LogP contribution >= 0.6 is 0 Å². The van der Waals surface area contributed by atoms with Crippen molar-refractivity contribution in [3.63, 3.8) is 0 Å². The molecule has 0 fully saturated rings. The monoisotopic (exact) mass is 347 g/mol. The molecule has 0 aliphatic carbocycles. The van der Waals surface area contributed by atoms with E-state index in [1.807, 2.05) is 0 Å². The van der Waals surface area contributed by atoms with Crippen molar-refractivity contribution in [1.29, 1.82) is 0 Å². The fraction of sp³-hybridized carbons (Fsp3) is 0.235. The van der Waals surface area contributed by atoms with Gasteiger partial charge in [0, 0.05) is 6.54 Å². The van der Waals surface area contributed by atoms with E-state index in [1.165, 1.54) is 37.4 Å². The SMILES string of the molecule is COc1ccc(NC(=O)CN(C)Cc2ccc(F)cc2)c([N+](=O)[O-])c1. The molecule has 0 radical (unpaired) electrons. The van der Waals surface area contributed by atoms with E-state index in [1.54, 1.807) is 24.1 Å². The van der Waals surface area contributed by atoms with Crippen molar-refractivity contribution in [1.82, 2.24) is 4.90 Å². The highest BCUT2D eigenvalue weighted by molar-refractivity contribution is 5.94. The molecule has 8 heteroatoms. The minimum atomic E-state index is -0.583. The van der Waals surface area contributed by atoms with Gasteiger partial charge in [-0.2, -0.15) is 0 Å². The standard InChI is InChI=1S/C17H18FN3O4/c1-20(10-12-3-5-13(18)6-4-12)11-17(22)19-15-8-7-14(25-2)9-16(15)21(23)24/h3-9H,10-11H2,1-2H3,(H,19,22). The van der Waals surface area contributed by atoms with Crippen LogP contribution in [0.2, 0.25) is 0 Å². The molecule has 7 nitrogen and oxygen atoms in total. The molecule has 1 N–H and O–H groups in total. The Kier molecular flexibility index (Phi) is 6.02. The first kappa shape index (κ1) is 18.3. The summed E-state index contributed by atoms with van der Waals surface area (Å²) in [4.78, 5) is 24.4. The molecule has 2 rings (SSSR count). The highest BCUT2D eigenvalue weighted by atomic mass is 19.1. The summed E-state index contributed by atoms with van der Waals surface area (Å²) in [6.07, 6.45) is 0. The minimum Gasteiger partial charge on any atom is -0.496 e. The number of rotatable bonds is 7. The second-order valence-electron chi connectivity index (χ2n) is 5.49. The molecule has 0 saturated heterocycles. The molecule has 2 aromatic rings. The highest BCUT2D eigenvalue weighted by Crippen LogP contribution is 2.28. The Balaban J connectivity index is 1.99. The van der Waals surface area contributed by atoms with Crippen LogP contribution in [0.25, 0.3) is 0 Å². The molecule has 2 aromatic carbocycles. The maximum absolute atomic E-state index is 12.9. The summed E-state index contributed by atoms with van der Waals surface area (Å²) in [7, 11) is 3.13. The van der Waals surface area contributed by atoms with Crippen LogP contribution in [-0.4, -0.2) is 36.4 Å². The van der Waals surface area contributed by atoms with Crippen LogP contribution in [0.1, 0.15) is 5.56 Å². The molecule has 0 aliphatic heterocycles. The van der Waals surface area contributed by atoms with Crippen LogP contribution in [0.5, 0.6) is 5.75 Å².